The Morgan fingerprint density at radius 2 is 2.06 bits per heavy atom. The van der Waals surface area contributed by atoms with Crippen LogP contribution in [0.2, 0.25) is 0 Å². The average molecular weight is 422 g/mol. The standard InChI is InChI=1S/C24H31N5O2/c1-16-15-28-23-21(16)20(10-13-26-23)31-18-7-5-17(6-8-18)19-9-12-25-22(19)24(30)27-11-4-14-29(2)3/h5-8,10,13,15,19,22,25H,4,9,11-12,14H2,1-3H3,(H,26,28)(H,27,30)/t19-,22+/m0/s1. The van der Waals surface area contributed by atoms with E-state index in [0.717, 1.165) is 59.6 Å². The number of ether oxygens (including phenoxy) is 1. The number of H-pyrrole nitrogens is 1. The van der Waals surface area contributed by atoms with Crippen molar-refractivity contribution in [1.82, 2.24) is 25.5 Å². The molecule has 0 bridgehead atoms. The van der Waals surface area contributed by atoms with Crippen LogP contribution in [0.1, 0.15) is 29.9 Å². The van der Waals surface area contributed by atoms with E-state index in [0.29, 0.717) is 6.54 Å². The molecule has 1 aliphatic heterocycles. The number of benzene rings is 1. The molecule has 0 unspecified atom stereocenters. The van der Waals surface area contributed by atoms with E-state index < -0.39 is 0 Å². The summed E-state index contributed by atoms with van der Waals surface area (Å²) in [5.74, 6) is 1.81. The number of rotatable bonds is 8. The van der Waals surface area contributed by atoms with Crippen LogP contribution in [0.3, 0.4) is 0 Å². The quantitative estimate of drug-likeness (QED) is 0.487. The van der Waals surface area contributed by atoms with Crippen molar-refractivity contribution in [2.75, 3.05) is 33.7 Å². The molecule has 7 heteroatoms. The lowest BCUT2D eigenvalue weighted by Crippen LogP contribution is -2.43. The topological polar surface area (TPSA) is 82.3 Å². The summed E-state index contributed by atoms with van der Waals surface area (Å²) in [5, 5.41) is 7.45. The van der Waals surface area contributed by atoms with Gasteiger partial charge < -0.3 is 25.3 Å². The van der Waals surface area contributed by atoms with Crippen molar-refractivity contribution in [2.24, 2.45) is 0 Å². The molecule has 3 N–H and O–H groups in total. The molecule has 0 radical (unpaired) electrons. The number of nitrogens with one attached hydrogen (secondary N) is 3. The van der Waals surface area contributed by atoms with E-state index in [-0.39, 0.29) is 17.9 Å². The van der Waals surface area contributed by atoms with Crippen LogP contribution in [0.5, 0.6) is 11.5 Å². The third kappa shape index (κ3) is 4.89. The Balaban J connectivity index is 1.41. The van der Waals surface area contributed by atoms with Crippen LogP contribution in [0, 0.1) is 6.92 Å². The van der Waals surface area contributed by atoms with Gasteiger partial charge in [0.1, 0.15) is 17.1 Å². The monoisotopic (exact) mass is 421 g/mol. The molecule has 1 aromatic carbocycles. The smallest absolute Gasteiger partial charge is 0.237 e. The molecule has 1 amide bonds. The van der Waals surface area contributed by atoms with E-state index in [4.69, 9.17) is 4.74 Å². The molecule has 0 aliphatic carbocycles. The first-order chi connectivity index (χ1) is 15.0. The van der Waals surface area contributed by atoms with Crippen molar-refractivity contribution < 1.29 is 9.53 Å². The highest BCUT2D eigenvalue weighted by molar-refractivity contribution is 5.86. The van der Waals surface area contributed by atoms with Crippen LogP contribution in [0.15, 0.2) is 42.7 Å². The van der Waals surface area contributed by atoms with Crippen molar-refractivity contribution in [3.63, 3.8) is 0 Å². The molecule has 2 aromatic heterocycles. The van der Waals surface area contributed by atoms with Gasteiger partial charge in [-0.1, -0.05) is 12.1 Å². The maximum Gasteiger partial charge on any atom is 0.237 e. The number of amides is 1. The van der Waals surface area contributed by atoms with Crippen molar-refractivity contribution in [3.8, 4) is 11.5 Å². The predicted molar refractivity (Wildman–Crippen MR) is 123 cm³/mol. The number of nitrogens with zero attached hydrogens (tertiary/aromatic N) is 2. The van der Waals surface area contributed by atoms with Crippen LogP contribution in [0.4, 0.5) is 0 Å². The number of aromatic amines is 1. The van der Waals surface area contributed by atoms with Gasteiger partial charge in [-0.3, -0.25) is 4.79 Å². The highest BCUT2D eigenvalue weighted by atomic mass is 16.5. The number of pyridine rings is 1. The van der Waals surface area contributed by atoms with Crippen molar-refractivity contribution in [1.29, 1.82) is 0 Å². The second-order valence-corrected chi connectivity index (χ2v) is 8.45. The highest BCUT2D eigenvalue weighted by Gasteiger charge is 2.33. The molecule has 1 saturated heterocycles. The number of carbonyl (C=O) groups is 1. The minimum atomic E-state index is -0.187. The minimum absolute atomic E-state index is 0.0868. The molecular formula is C24H31N5O2. The lowest BCUT2D eigenvalue weighted by molar-refractivity contribution is -0.123. The fourth-order valence-corrected chi connectivity index (χ4v) is 4.23. The Hall–Kier alpha value is -2.90. The number of hydrogen-bond donors (Lipinski definition) is 3. The zero-order valence-corrected chi connectivity index (χ0v) is 18.4. The summed E-state index contributed by atoms with van der Waals surface area (Å²) in [5.41, 5.74) is 3.08. The summed E-state index contributed by atoms with van der Waals surface area (Å²) in [6.07, 6.45) is 5.58. The lowest BCUT2D eigenvalue weighted by atomic mass is 9.91. The number of fused-ring (bicyclic) bond motifs is 1. The summed E-state index contributed by atoms with van der Waals surface area (Å²) >= 11 is 0. The van der Waals surface area contributed by atoms with Gasteiger partial charge in [0.05, 0.1) is 11.4 Å². The van der Waals surface area contributed by atoms with E-state index in [1.54, 1.807) is 6.20 Å². The summed E-state index contributed by atoms with van der Waals surface area (Å²) in [7, 11) is 4.08. The molecular weight excluding hydrogens is 390 g/mol. The van der Waals surface area contributed by atoms with Gasteiger partial charge in [0.15, 0.2) is 0 Å². The number of carbonyl (C=O) groups excluding carboxylic acids is 1. The summed E-state index contributed by atoms with van der Waals surface area (Å²) in [6, 6.07) is 9.80. The molecule has 3 heterocycles. The SMILES string of the molecule is Cc1c[nH]c2nccc(Oc3ccc([C@@H]4CCN[C@H]4C(=O)NCCCN(C)C)cc3)c12. The molecule has 31 heavy (non-hydrogen) atoms. The van der Waals surface area contributed by atoms with E-state index in [1.165, 1.54) is 0 Å². The first-order valence-corrected chi connectivity index (χ1v) is 10.9. The summed E-state index contributed by atoms with van der Waals surface area (Å²) in [6.45, 7) is 4.55. The van der Waals surface area contributed by atoms with Crippen LogP contribution in [-0.4, -0.2) is 60.5 Å². The zero-order valence-electron chi connectivity index (χ0n) is 18.4. The maximum atomic E-state index is 12.7. The molecule has 4 rings (SSSR count). The molecule has 164 valence electrons. The van der Waals surface area contributed by atoms with E-state index in [9.17, 15) is 4.79 Å². The highest BCUT2D eigenvalue weighted by Crippen LogP contribution is 2.33. The lowest BCUT2D eigenvalue weighted by Gasteiger charge is -2.20. The van der Waals surface area contributed by atoms with Gasteiger partial charge in [-0.15, -0.1) is 0 Å². The van der Waals surface area contributed by atoms with Gasteiger partial charge in [0, 0.05) is 24.9 Å². The van der Waals surface area contributed by atoms with E-state index >= 15 is 0 Å². The first kappa shape index (κ1) is 21.3. The maximum absolute atomic E-state index is 12.7. The Morgan fingerprint density at radius 1 is 1.26 bits per heavy atom. The Labute approximate surface area is 183 Å². The molecule has 1 fully saturated rings. The second-order valence-electron chi connectivity index (χ2n) is 8.45. The third-order valence-corrected chi connectivity index (χ3v) is 5.85. The van der Waals surface area contributed by atoms with Gasteiger partial charge in [-0.2, -0.15) is 0 Å². The zero-order chi connectivity index (χ0) is 21.8. The molecule has 2 atom stereocenters. The molecule has 0 saturated carbocycles. The predicted octanol–water partition coefficient (Wildman–Crippen LogP) is 3.18. The Bertz CT molecular complexity index is 1030. The van der Waals surface area contributed by atoms with Crippen molar-refractivity contribution in [3.05, 3.63) is 53.9 Å². The van der Waals surface area contributed by atoms with Crippen LogP contribution < -0.4 is 15.4 Å². The summed E-state index contributed by atoms with van der Waals surface area (Å²) in [4.78, 5) is 22.3. The van der Waals surface area contributed by atoms with Gasteiger partial charge in [0.2, 0.25) is 5.91 Å². The molecule has 7 nitrogen and oxygen atoms in total. The third-order valence-electron chi connectivity index (χ3n) is 5.85. The number of hydrogen-bond acceptors (Lipinski definition) is 5. The second kappa shape index (κ2) is 9.49. The first-order valence-electron chi connectivity index (χ1n) is 10.9. The fourth-order valence-electron chi connectivity index (χ4n) is 4.23. The Kier molecular flexibility index (Phi) is 6.53. The van der Waals surface area contributed by atoms with Crippen molar-refractivity contribution in [2.45, 2.75) is 31.7 Å². The Morgan fingerprint density at radius 3 is 2.84 bits per heavy atom. The fraction of sp³-hybridized carbons (Fsp3) is 0.417. The van der Waals surface area contributed by atoms with Crippen LogP contribution in [0.25, 0.3) is 11.0 Å². The van der Waals surface area contributed by atoms with E-state index in [1.807, 2.05) is 45.4 Å². The number of aromatic nitrogens is 2. The largest absolute Gasteiger partial charge is 0.457 e. The molecule has 3 aromatic rings. The summed E-state index contributed by atoms with van der Waals surface area (Å²) < 4.78 is 6.15. The van der Waals surface area contributed by atoms with Gasteiger partial charge in [-0.25, -0.2) is 4.98 Å². The van der Waals surface area contributed by atoms with E-state index in [2.05, 4.69) is 37.6 Å². The normalized spacial score (nSPS) is 18.6. The van der Waals surface area contributed by atoms with Gasteiger partial charge in [0.25, 0.3) is 0 Å². The van der Waals surface area contributed by atoms with Crippen LogP contribution in [-0.2, 0) is 4.79 Å². The minimum Gasteiger partial charge on any atom is -0.457 e. The van der Waals surface area contributed by atoms with Crippen molar-refractivity contribution >= 4 is 16.9 Å². The van der Waals surface area contributed by atoms with Gasteiger partial charge in [-0.05, 0) is 76.3 Å². The average Bonchev–Trinajstić information content (AvgIpc) is 3.39. The molecule has 0 spiro atoms. The number of aryl methyl sites for hydroxylation is 1. The van der Waals surface area contributed by atoms with Gasteiger partial charge >= 0.3 is 0 Å². The van der Waals surface area contributed by atoms with Crippen LogP contribution >= 0.6 is 0 Å². The molecule has 1 aliphatic rings.